The van der Waals surface area contributed by atoms with Crippen molar-refractivity contribution < 1.29 is 8.42 Å². The molecule has 136 valence electrons. The number of aromatic nitrogens is 2. The molecule has 0 radical (unpaired) electrons. The second kappa shape index (κ2) is 7.30. The van der Waals surface area contributed by atoms with E-state index in [0.717, 1.165) is 5.69 Å². The zero-order valence-corrected chi connectivity index (χ0v) is 15.6. The SMILES string of the molecule is CCN(c1cc(Nc2cccc(C#N)c2)nc(C)n1)C1CCS(=O)(=O)C1. The van der Waals surface area contributed by atoms with E-state index in [9.17, 15) is 8.42 Å². The zero-order valence-electron chi connectivity index (χ0n) is 14.8. The molecule has 2 heterocycles. The van der Waals surface area contributed by atoms with Crippen molar-refractivity contribution in [3.8, 4) is 6.07 Å². The first-order chi connectivity index (χ1) is 12.4. The highest BCUT2D eigenvalue weighted by Crippen LogP contribution is 2.25. The van der Waals surface area contributed by atoms with E-state index < -0.39 is 9.84 Å². The molecule has 1 atom stereocenters. The molecular weight excluding hydrogens is 350 g/mol. The molecule has 2 aromatic rings. The minimum atomic E-state index is -2.97. The summed E-state index contributed by atoms with van der Waals surface area (Å²) in [5, 5.41) is 12.2. The van der Waals surface area contributed by atoms with Crippen LogP contribution in [-0.2, 0) is 9.84 Å². The minimum absolute atomic E-state index is 0.0610. The molecule has 0 saturated carbocycles. The van der Waals surface area contributed by atoms with Crippen molar-refractivity contribution in [2.24, 2.45) is 0 Å². The van der Waals surface area contributed by atoms with Crippen molar-refractivity contribution in [1.29, 1.82) is 5.26 Å². The highest BCUT2D eigenvalue weighted by molar-refractivity contribution is 7.91. The van der Waals surface area contributed by atoms with Gasteiger partial charge in [-0.25, -0.2) is 18.4 Å². The van der Waals surface area contributed by atoms with E-state index in [4.69, 9.17) is 5.26 Å². The maximum absolute atomic E-state index is 11.8. The molecule has 1 saturated heterocycles. The van der Waals surface area contributed by atoms with E-state index in [1.54, 1.807) is 25.1 Å². The van der Waals surface area contributed by atoms with Gasteiger partial charge >= 0.3 is 0 Å². The molecule has 1 fully saturated rings. The smallest absolute Gasteiger partial charge is 0.152 e. The van der Waals surface area contributed by atoms with Crippen molar-refractivity contribution in [1.82, 2.24) is 9.97 Å². The second-order valence-corrected chi connectivity index (χ2v) is 8.55. The van der Waals surface area contributed by atoms with E-state index in [0.29, 0.717) is 36.0 Å². The number of sulfone groups is 1. The maximum atomic E-state index is 11.8. The Bertz CT molecular complexity index is 952. The summed E-state index contributed by atoms with van der Waals surface area (Å²) in [6, 6.07) is 11.0. The molecule has 8 heteroatoms. The van der Waals surface area contributed by atoms with Gasteiger partial charge in [-0.15, -0.1) is 0 Å². The number of hydrogen-bond acceptors (Lipinski definition) is 7. The average molecular weight is 371 g/mol. The Morgan fingerprint density at radius 2 is 2.15 bits per heavy atom. The van der Waals surface area contributed by atoms with Gasteiger partial charge in [-0.2, -0.15) is 5.26 Å². The first kappa shape index (κ1) is 18.1. The summed E-state index contributed by atoms with van der Waals surface area (Å²) < 4.78 is 23.7. The van der Waals surface area contributed by atoms with Crippen molar-refractivity contribution in [2.75, 3.05) is 28.3 Å². The molecule has 1 aromatic carbocycles. The van der Waals surface area contributed by atoms with E-state index in [2.05, 4.69) is 21.4 Å². The summed E-state index contributed by atoms with van der Waals surface area (Å²) in [6.07, 6.45) is 0.617. The fraction of sp³-hybridized carbons (Fsp3) is 0.389. The summed E-state index contributed by atoms with van der Waals surface area (Å²) in [4.78, 5) is 10.9. The van der Waals surface area contributed by atoms with Crippen molar-refractivity contribution in [3.63, 3.8) is 0 Å². The molecule has 1 unspecified atom stereocenters. The Balaban J connectivity index is 1.88. The molecule has 3 rings (SSSR count). The molecule has 1 N–H and O–H groups in total. The summed E-state index contributed by atoms with van der Waals surface area (Å²) in [6.45, 7) is 4.46. The lowest BCUT2D eigenvalue weighted by atomic mass is 10.2. The van der Waals surface area contributed by atoms with Crippen LogP contribution in [0.3, 0.4) is 0 Å². The third-order valence-electron chi connectivity index (χ3n) is 4.37. The molecule has 0 bridgehead atoms. The Labute approximate surface area is 153 Å². The van der Waals surface area contributed by atoms with Crippen LogP contribution in [0.1, 0.15) is 24.7 Å². The Morgan fingerprint density at radius 3 is 2.81 bits per heavy atom. The van der Waals surface area contributed by atoms with Gasteiger partial charge in [0.2, 0.25) is 0 Å². The summed E-state index contributed by atoms with van der Waals surface area (Å²) in [5.74, 6) is 2.31. The molecule has 1 aromatic heterocycles. The van der Waals surface area contributed by atoms with E-state index in [-0.39, 0.29) is 17.5 Å². The van der Waals surface area contributed by atoms with Crippen LogP contribution >= 0.6 is 0 Å². The third kappa shape index (κ3) is 4.11. The van der Waals surface area contributed by atoms with Crippen LogP contribution in [0.15, 0.2) is 30.3 Å². The molecule has 1 aliphatic rings. The van der Waals surface area contributed by atoms with Crippen LogP contribution in [0.4, 0.5) is 17.3 Å². The predicted molar refractivity (Wildman–Crippen MR) is 101 cm³/mol. The van der Waals surface area contributed by atoms with Gasteiger partial charge in [0.1, 0.15) is 17.5 Å². The van der Waals surface area contributed by atoms with Crippen molar-refractivity contribution in [2.45, 2.75) is 26.3 Å². The predicted octanol–water partition coefficient (Wildman–Crippen LogP) is 2.41. The van der Waals surface area contributed by atoms with Gasteiger partial charge < -0.3 is 10.2 Å². The van der Waals surface area contributed by atoms with Crippen molar-refractivity contribution in [3.05, 3.63) is 41.7 Å². The first-order valence-electron chi connectivity index (χ1n) is 8.50. The van der Waals surface area contributed by atoms with Gasteiger partial charge in [0.15, 0.2) is 9.84 Å². The van der Waals surface area contributed by atoms with Gasteiger partial charge in [0, 0.05) is 24.3 Å². The maximum Gasteiger partial charge on any atom is 0.152 e. The van der Waals surface area contributed by atoms with Gasteiger partial charge in [-0.05, 0) is 38.5 Å². The summed E-state index contributed by atoms with van der Waals surface area (Å²) >= 11 is 0. The number of hydrogen-bond donors (Lipinski definition) is 1. The van der Waals surface area contributed by atoms with Gasteiger partial charge in [0.25, 0.3) is 0 Å². The quantitative estimate of drug-likeness (QED) is 0.861. The van der Waals surface area contributed by atoms with Gasteiger partial charge in [-0.1, -0.05) is 6.07 Å². The number of nitrogens with one attached hydrogen (secondary N) is 1. The average Bonchev–Trinajstić information content (AvgIpc) is 2.95. The topological polar surface area (TPSA) is 99.0 Å². The molecule has 26 heavy (non-hydrogen) atoms. The summed E-state index contributed by atoms with van der Waals surface area (Å²) in [5.41, 5.74) is 1.33. The standard InChI is InChI=1S/C18H21N5O2S/c1-3-23(16-7-8-26(24,25)12-16)18-10-17(20-13(2)21-18)22-15-6-4-5-14(9-15)11-19/h4-6,9-10,16H,3,7-8,12H2,1-2H3,(H,20,21,22). The van der Waals surface area contributed by atoms with Crippen LogP contribution in [-0.4, -0.2) is 42.5 Å². The lowest BCUT2D eigenvalue weighted by molar-refractivity contribution is 0.599. The molecule has 0 amide bonds. The lowest BCUT2D eigenvalue weighted by Gasteiger charge is -2.28. The van der Waals surface area contributed by atoms with Crippen LogP contribution < -0.4 is 10.2 Å². The molecule has 1 aliphatic heterocycles. The number of benzene rings is 1. The van der Waals surface area contributed by atoms with E-state index in [1.807, 2.05) is 24.0 Å². The Hall–Kier alpha value is -2.66. The second-order valence-electron chi connectivity index (χ2n) is 6.32. The number of nitrogens with zero attached hydrogens (tertiary/aromatic N) is 4. The summed E-state index contributed by atoms with van der Waals surface area (Å²) in [7, 11) is -2.97. The molecule has 0 spiro atoms. The molecule has 0 aliphatic carbocycles. The normalized spacial score (nSPS) is 18.3. The zero-order chi connectivity index (χ0) is 18.7. The van der Waals surface area contributed by atoms with Crippen LogP contribution in [0, 0.1) is 18.3 Å². The number of aryl methyl sites for hydroxylation is 1. The third-order valence-corrected chi connectivity index (χ3v) is 6.12. The van der Waals surface area contributed by atoms with Crippen LogP contribution in [0.5, 0.6) is 0 Å². The molecular formula is C18H21N5O2S. The highest BCUT2D eigenvalue weighted by Gasteiger charge is 2.32. The lowest BCUT2D eigenvalue weighted by Crippen LogP contribution is -2.36. The Morgan fingerprint density at radius 1 is 1.35 bits per heavy atom. The van der Waals surface area contributed by atoms with Crippen LogP contribution in [0.25, 0.3) is 0 Å². The largest absolute Gasteiger partial charge is 0.353 e. The fourth-order valence-electron chi connectivity index (χ4n) is 3.21. The van der Waals surface area contributed by atoms with Gasteiger partial charge in [-0.3, -0.25) is 0 Å². The number of nitriles is 1. The Kier molecular flexibility index (Phi) is 5.09. The fourth-order valence-corrected chi connectivity index (χ4v) is 4.94. The number of anilines is 3. The highest BCUT2D eigenvalue weighted by atomic mass is 32.2. The molecule has 7 nitrogen and oxygen atoms in total. The van der Waals surface area contributed by atoms with Crippen molar-refractivity contribution >= 4 is 27.2 Å². The number of rotatable bonds is 5. The minimum Gasteiger partial charge on any atom is -0.353 e. The monoisotopic (exact) mass is 371 g/mol. The van der Waals surface area contributed by atoms with Crippen LogP contribution in [0.2, 0.25) is 0 Å². The van der Waals surface area contributed by atoms with E-state index >= 15 is 0 Å². The van der Waals surface area contributed by atoms with Gasteiger partial charge in [0.05, 0.1) is 23.1 Å². The van der Waals surface area contributed by atoms with E-state index in [1.165, 1.54) is 0 Å². The first-order valence-corrected chi connectivity index (χ1v) is 10.3.